The first-order valence-corrected chi connectivity index (χ1v) is 8.28. The van der Waals surface area contributed by atoms with Crippen molar-refractivity contribution in [2.75, 3.05) is 20.2 Å². The molecule has 0 spiro atoms. The molecule has 2 aromatic rings. The third-order valence-electron chi connectivity index (χ3n) is 3.48. The summed E-state index contributed by atoms with van der Waals surface area (Å²) in [4.78, 5) is 4.43. The van der Waals surface area contributed by atoms with Crippen molar-refractivity contribution in [1.82, 2.24) is 10.6 Å². The second kappa shape index (κ2) is 10.3. The van der Waals surface area contributed by atoms with Crippen LogP contribution in [0.1, 0.15) is 18.2 Å². The number of aliphatic imine (C=N–C) groups is 1. The van der Waals surface area contributed by atoms with E-state index in [0.717, 1.165) is 5.76 Å². The summed E-state index contributed by atoms with van der Waals surface area (Å²) in [5.74, 6) is 2.07. The zero-order chi connectivity index (χ0) is 18.8. The monoisotopic (exact) mass is 367 g/mol. The van der Waals surface area contributed by atoms with Gasteiger partial charge in [-0.2, -0.15) is 8.78 Å². The molecular formula is C18H23F2N3O3. The normalized spacial score (nSPS) is 11.5. The lowest BCUT2D eigenvalue weighted by molar-refractivity contribution is -0.0504. The third-order valence-corrected chi connectivity index (χ3v) is 3.48. The van der Waals surface area contributed by atoms with Crippen molar-refractivity contribution < 1.29 is 22.7 Å². The molecule has 0 bridgehead atoms. The van der Waals surface area contributed by atoms with Crippen LogP contribution in [0.4, 0.5) is 8.78 Å². The fraction of sp³-hybridized carbons (Fsp3) is 0.389. The van der Waals surface area contributed by atoms with Crippen molar-refractivity contribution in [2.45, 2.75) is 26.5 Å². The van der Waals surface area contributed by atoms with Crippen LogP contribution in [0, 0.1) is 0 Å². The largest absolute Gasteiger partial charge is 0.497 e. The van der Waals surface area contributed by atoms with Gasteiger partial charge in [0.2, 0.25) is 0 Å². The zero-order valence-electron chi connectivity index (χ0n) is 14.8. The number of ether oxygens (including phenoxy) is 2. The van der Waals surface area contributed by atoms with E-state index >= 15 is 0 Å². The summed E-state index contributed by atoms with van der Waals surface area (Å²) in [5, 5.41) is 6.29. The van der Waals surface area contributed by atoms with Crippen LogP contribution in [0.3, 0.4) is 0 Å². The standard InChI is InChI=1S/C18H23F2N3O3/c1-3-21-18(22-9-8-14-5-4-10-25-14)23-12-13-11-15(24-2)6-7-16(13)26-17(19)20/h4-7,10-11,17H,3,8-9,12H2,1-2H3,(H2,21,22,23). The maximum absolute atomic E-state index is 12.6. The van der Waals surface area contributed by atoms with E-state index < -0.39 is 6.61 Å². The lowest BCUT2D eigenvalue weighted by Gasteiger charge is -2.13. The Kier molecular flexibility index (Phi) is 7.73. The van der Waals surface area contributed by atoms with Gasteiger partial charge in [-0.3, -0.25) is 0 Å². The molecule has 2 N–H and O–H groups in total. The van der Waals surface area contributed by atoms with Gasteiger partial charge >= 0.3 is 6.61 Å². The molecule has 0 fully saturated rings. The Balaban J connectivity index is 2.04. The first kappa shape index (κ1) is 19.6. The first-order chi connectivity index (χ1) is 12.6. The fourth-order valence-corrected chi connectivity index (χ4v) is 2.28. The molecule has 0 saturated carbocycles. The molecule has 0 amide bonds. The van der Waals surface area contributed by atoms with Crippen molar-refractivity contribution in [3.05, 3.63) is 47.9 Å². The fourth-order valence-electron chi connectivity index (χ4n) is 2.28. The molecule has 0 atom stereocenters. The lowest BCUT2D eigenvalue weighted by Crippen LogP contribution is -2.38. The Morgan fingerprint density at radius 1 is 1.27 bits per heavy atom. The molecular weight excluding hydrogens is 344 g/mol. The number of rotatable bonds is 9. The molecule has 0 radical (unpaired) electrons. The molecule has 26 heavy (non-hydrogen) atoms. The summed E-state index contributed by atoms with van der Waals surface area (Å²) < 4.78 is 40.1. The smallest absolute Gasteiger partial charge is 0.387 e. The predicted octanol–water partition coefficient (Wildman–Crippen LogP) is 3.19. The minimum absolute atomic E-state index is 0.0796. The molecule has 0 aliphatic heterocycles. The van der Waals surface area contributed by atoms with E-state index in [1.165, 1.54) is 13.2 Å². The van der Waals surface area contributed by atoms with Gasteiger partial charge in [0.15, 0.2) is 5.96 Å². The number of halogens is 2. The summed E-state index contributed by atoms with van der Waals surface area (Å²) in [7, 11) is 1.51. The highest BCUT2D eigenvalue weighted by Crippen LogP contribution is 2.26. The van der Waals surface area contributed by atoms with Gasteiger partial charge in [0.05, 0.1) is 19.9 Å². The zero-order valence-corrected chi connectivity index (χ0v) is 14.8. The molecule has 6 nitrogen and oxygen atoms in total. The molecule has 142 valence electrons. The van der Waals surface area contributed by atoms with Crippen LogP contribution in [0.15, 0.2) is 46.0 Å². The molecule has 1 heterocycles. The highest BCUT2D eigenvalue weighted by Gasteiger charge is 2.11. The number of alkyl halides is 2. The topological polar surface area (TPSA) is 68.0 Å². The van der Waals surface area contributed by atoms with Crippen molar-refractivity contribution in [2.24, 2.45) is 4.99 Å². The van der Waals surface area contributed by atoms with Crippen LogP contribution in [-0.2, 0) is 13.0 Å². The van der Waals surface area contributed by atoms with E-state index in [4.69, 9.17) is 9.15 Å². The van der Waals surface area contributed by atoms with E-state index in [0.29, 0.717) is 36.8 Å². The van der Waals surface area contributed by atoms with Gasteiger partial charge in [0.25, 0.3) is 0 Å². The summed E-state index contributed by atoms with van der Waals surface area (Å²) >= 11 is 0. The van der Waals surface area contributed by atoms with Crippen LogP contribution in [0.2, 0.25) is 0 Å². The van der Waals surface area contributed by atoms with Gasteiger partial charge in [-0.05, 0) is 37.3 Å². The van der Waals surface area contributed by atoms with Gasteiger partial charge in [0.1, 0.15) is 17.3 Å². The Hall–Kier alpha value is -2.77. The minimum Gasteiger partial charge on any atom is -0.497 e. The SMILES string of the molecule is CCNC(=NCc1cc(OC)ccc1OC(F)F)NCCc1ccco1. The van der Waals surface area contributed by atoms with Crippen LogP contribution >= 0.6 is 0 Å². The predicted molar refractivity (Wildman–Crippen MR) is 94.9 cm³/mol. The van der Waals surface area contributed by atoms with Gasteiger partial charge in [0, 0.05) is 25.1 Å². The molecule has 1 aromatic carbocycles. The maximum atomic E-state index is 12.6. The molecule has 1 aromatic heterocycles. The molecule has 0 saturated heterocycles. The minimum atomic E-state index is -2.90. The Bertz CT molecular complexity index is 691. The Morgan fingerprint density at radius 2 is 2.12 bits per heavy atom. The number of hydrogen-bond acceptors (Lipinski definition) is 4. The van der Waals surface area contributed by atoms with E-state index in [-0.39, 0.29) is 12.3 Å². The average molecular weight is 367 g/mol. The molecule has 0 aliphatic rings. The third kappa shape index (κ3) is 6.27. The molecule has 0 aliphatic carbocycles. The van der Waals surface area contributed by atoms with Crippen molar-refractivity contribution in [3.63, 3.8) is 0 Å². The van der Waals surface area contributed by atoms with Crippen molar-refractivity contribution in [3.8, 4) is 11.5 Å². The average Bonchev–Trinajstić information content (AvgIpc) is 3.13. The van der Waals surface area contributed by atoms with E-state index in [1.807, 2.05) is 19.1 Å². The Labute approximate surface area is 151 Å². The van der Waals surface area contributed by atoms with Gasteiger partial charge in [-0.15, -0.1) is 0 Å². The highest BCUT2D eigenvalue weighted by molar-refractivity contribution is 5.79. The second-order valence-electron chi connectivity index (χ2n) is 5.30. The molecule has 8 heteroatoms. The van der Waals surface area contributed by atoms with Gasteiger partial charge < -0.3 is 24.5 Å². The van der Waals surface area contributed by atoms with E-state index in [1.54, 1.807) is 18.4 Å². The van der Waals surface area contributed by atoms with Crippen molar-refractivity contribution in [1.29, 1.82) is 0 Å². The number of furan rings is 1. The number of nitrogens with zero attached hydrogens (tertiary/aromatic N) is 1. The summed E-state index contributed by atoms with van der Waals surface area (Å²) in [6.45, 7) is 0.504. The van der Waals surface area contributed by atoms with E-state index in [2.05, 4.69) is 20.4 Å². The number of nitrogens with one attached hydrogen (secondary N) is 2. The quantitative estimate of drug-likeness (QED) is 0.526. The van der Waals surface area contributed by atoms with Crippen LogP contribution in [0.5, 0.6) is 11.5 Å². The summed E-state index contributed by atoms with van der Waals surface area (Å²) in [5.41, 5.74) is 0.507. The van der Waals surface area contributed by atoms with Crippen molar-refractivity contribution >= 4 is 5.96 Å². The Morgan fingerprint density at radius 3 is 2.77 bits per heavy atom. The molecule has 2 rings (SSSR count). The summed E-state index contributed by atoms with van der Waals surface area (Å²) in [6.07, 6.45) is 2.33. The number of benzene rings is 1. The number of methoxy groups -OCH3 is 1. The summed E-state index contributed by atoms with van der Waals surface area (Å²) in [6, 6.07) is 8.39. The highest BCUT2D eigenvalue weighted by atomic mass is 19.3. The lowest BCUT2D eigenvalue weighted by atomic mass is 10.2. The number of hydrogen-bond donors (Lipinski definition) is 2. The first-order valence-electron chi connectivity index (χ1n) is 8.28. The van der Waals surface area contributed by atoms with Crippen LogP contribution < -0.4 is 20.1 Å². The maximum Gasteiger partial charge on any atom is 0.387 e. The molecule has 0 unspecified atom stereocenters. The van der Waals surface area contributed by atoms with Gasteiger partial charge in [-0.25, -0.2) is 4.99 Å². The van der Waals surface area contributed by atoms with Crippen LogP contribution in [-0.4, -0.2) is 32.8 Å². The number of guanidine groups is 1. The van der Waals surface area contributed by atoms with Gasteiger partial charge in [-0.1, -0.05) is 0 Å². The second-order valence-corrected chi connectivity index (χ2v) is 5.30. The van der Waals surface area contributed by atoms with Crippen LogP contribution in [0.25, 0.3) is 0 Å². The van der Waals surface area contributed by atoms with E-state index in [9.17, 15) is 8.78 Å².